The average Bonchev–Trinajstić information content (AvgIpc) is 2.82. The third-order valence-electron chi connectivity index (χ3n) is 5.67. The lowest BCUT2D eigenvalue weighted by molar-refractivity contribution is 0.0174. The van der Waals surface area contributed by atoms with Gasteiger partial charge in [0.2, 0.25) is 0 Å². The van der Waals surface area contributed by atoms with Crippen molar-refractivity contribution in [1.82, 2.24) is 0 Å². The number of fused-ring (bicyclic) bond motifs is 1. The fourth-order valence-electron chi connectivity index (χ4n) is 3.69. The average molecular weight is 521 g/mol. The highest BCUT2D eigenvalue weighted by molar-refractivity contribution is 7.87. The molecule has 0 bridgehead atoms. The van der Waals surface area contributed by atoms with E-state index >= 15 is 0 Å². The van der Waals surface area contributed by atoms with E-state index in [4.69, 9.17) is 13.1 Å². The Morgan fingerprint density at radius 1 is 0.886 bits per heavy atom. The molecule has 2 atom stereocenters. The maximum atomic E-state index is 13.6. The number of rotatable bonds is 8. The molecule has 0 radical (unpaired) electrons. The fraction of sp³-hybridized carbons (Fsp3) is 0.280. The molecule has 10 heteroatoms. The predicted octanol–water partition coefficient (Wildman–Crippen LogP) is 4.32. The Kier molecular flexibility index (Phi) is 7.27. The van der Waals surface area contributed by atoms with Gasteiger partial charge in [-0.15, -0.1) is 0 Å². The highest BCUT2D eigenvalue weighted by Gasteiger charge is 2.35. The van der Waals surface area contributed by atoms with Crippen LogP contribution in [0, 0.1) is 19.7 Å². The fourth-order valence-corrected chi connectivity index (χ4v) is 5.69. The van der Waals surface area contributed by atoms with Gasteiger partial charge >= 0.3 is 0 Å². The van der Waals surface area contributed by atoms with E-state index in [1.54, 1.807) is 24.3 Å². The number of ether oxygens (including phenoxy) is 1. The van der Waals surface area contributed by atoms with Crippen molar-refractivity contribution in [3.8, 4) is 5.75 Å². The summed E-state index contributed by atoms with van der Waals surface area (Å²) in [4.78, 5) is -0.138. The van der Waals surface area contributed by atoms with Crippen molar-refractivity contribution in [2.45, 2.75) is 48.7 Å². The molecular formula is C25H25FO7S2. The van der Waals surface area contributed by atoms with Gasteiger partial charge in [0.15, 0.2) is 0 Å². The van der Waals surface area contributed by atoms with E-state index in [1.807, 2.05) is 13.8 Å². The zero-order valence-electron chi connectivity index (χ0n) is 19.2. The number of benzene rings is 3. The molecular weight excluding hydrogens is 495 g/mol. The SMILES string of the molecule is Cc1ccc(S(=O)(=O)OC[C@H](OS(=O)(=O)c2ccc(C)cc2)[C@H]2CCc3cc(F)ccc3O2)cc1. The monoisotopic (exact) mass is 520 g/mol. The van der Waals surface area contributed by atoms with Crippen LogP contribution in [0.15, 0.2) is 76.5 Å². The van der Waals surface area contributed by atoms with Crippen molar-refractivity contribution in [1.29, 1.82) is 0 Å². The van der Waals surface area contributed by atoms with Gasteiger partial charge in [-0.3, -0.25) is 8.37 Å². The predicted molar refractivity (Wildman–Crippen MR) is 127 cm³/mol. The Morgan fingerprint density at radius 2 is 1.46 bits per heavy atom. The molecule has 3 aromatic rings. The Hall–Kier alpha value is -2.79. The Bertz CT molecular complexity index is 1400. The standard InChI is InChI=1S/C25H25FO7S2/c1-17-3-9-21(10-4-17)34(27,28)31-16-25(33-35(29,30)22-11-5-18(2)6-12-22)24-13-7-19-15-20(26)8-14-23(19)32-24/h3-6,8-12,14-15,24-25H,7,13,16H2,1-2H3/t24-,25+/m1/s1. The second-order valence-corrected chi connectivity index (χ2v) is 11.6. The maximum Gasteiger partial charge on any atom is 0.297 e. The van der Waals surface area contributed by atoms with Crippen molar-refractivity contribution in [3.63, 3.8) is 0 Å². The van der Waals surface area contributed by atoms with Crippen LogP contribution in [0.3, 0.4) is 0 Å². The summed E-state index contributed by atoms with van der Waals surface area (Å²) in [7, 11) is -8.45. The zero-order valence-corrected chi connectivity index (χ0v) is 20.8. The van der Waals surface area contributed by atoms with Gasteiger partial charge in [-0.1, -0.05) is 35.4 Å². The molecule has 0 fully saturated rings. The van der Waals surface area contributed by atoms with E-state index < -0.39 is 44.9 Å². The molecule has 0 N–H and O–H groups in total. The summed E-state index contributed by atoms with van der Waals surface area (Å²) in [6.45, 7) is 3.05. The summed E-state index contributed by atoms with van der Waals surface area (Å²) in [6, 6.07) is 16.2. The molecule has 0 unspecified atom stereocenters. The van der Waals surface area contributed by atoms with Gasteiger partial charge in [0.25, 0.3) is 20.2 Å². The van der Waals surface area contributed by atoms with E-state index in [2.05, 4.69) is 0 Å². The molecule has 0 spiro atoms. The quantitative estimate of drug-likeness (QED) is 0.408. The lowest BCUT2D eigenvalue weighted by Crippen LogP contribution is -2.41. The largest absolute Gasteiger partial charge is 0.487 e. The van der Waals surface area contributed by atoms with Crippen LogP contribution in [-0.4, -0.2) is 35.7 Å². The van der Waals surface area contributed by atoms with Gasteiger partial charge in [-0.05, 0) is 74.7 Å². The summed E-state index contributed by atoms with van der Waals surface area (Å²) in [5, 5.41) is 0. The van der Waals surface area contributed by atoms with Crippen LogP contribution >= 0.6 is 0 Å². The normalized spacial score (nSPS) is 16.8. The van der Waals surface area contributed by atoms with Gasteiger partial charge in [0.1, 0.15) is 23.8 Å². The van der Waals surface area contributed by atoms with Crippen molar-refractivity contribution in [3.05, 3.63) is 89.2 Å². The van der Waals surface area contributed by atoms with Crippen molar-refractivity contribution in [2.75, 3.05) is 6.61 Å². The van der Waals surface area contributed by atoms with Crippen LogP contribution in [0.1, 0.15) is 23.1 Å². The van der Waals surface area contributed by atoms with E-state index in [0.29, 0.717) is 17.7 Å². The zero-order chi connectivity index (χ0) is 25.2. The van der Waals surface area contributed by atoms with Crippen LogP contribution < -0.4 is 4.74 Å². The number of hydrogen-bond acceptors (Lipinski definition) is 7. The first kappa shape index (κ1) is 25.3. The highest BCUT2D eigenvalue weighted by Crippen LogP contribution is 2.31. The Labute approximate surface area is 204 Å². The Balaban J connectivity index is 1.59. The van der Waals surface area contributed by atoms with Crippen LogP contribution in [0.25, 0.3) is 0 Å². The van der Waals surface area contributed by atoms with Crippen LogP contribution in [0.2, 0.25) is 0 Å². The van der Waals surface area contributed by atoms with Crippen LogP contribution in [0.4, 0.5) is 4.39 Å². The van der Waals surface area contributed by atoms with E-state index in [9.17, 15) is 21.2 Å². The van der Waals surface area contributed by atoms with E-state index in [1.165, 1.54) is 42.5 Å². The third kappa shape index (κ3) is 6.07. The number of halogens is 1. The van der Waals surface area contributed by atoms with Gasteiger partial charge in [-0.2, -0.15) is 16.8 Å². The minimum Gasteiger partial charge on any atom is -0.487 e. The van der Waals surface area contributed by atoms with Crippen molar-refractivity contribution >= 4 is 20.2 Å². The molecule has 7 nitrogen and oxygen atoms in total. The van der Waals surface area contributed by atoms with Crippen molar-refractivity contribution in [2.24, 2.45) is 0 Å². The molecule has 0 saturated carbocycles. The van der Waals surface area contributed by atoms with Crippen LogP contribution in [-0.2, 0) is 35.0 Å². The first-order valence-corrected chi connectivity index (χ1v) is 13.8. The molecule has 0 aliphatic carbocycles. The summed E-state index contributed by atoms with van der Waals surface area (Å²) < 4.78 is 81.6. The van der Waals surface area contributed by atoms with Crippen LogP contribution in [0.5, 0.6) is 5.75 Å². The summed E-state index contributed by atoms with van der Waals surface area (Å²) in [6.07, 6.45) is -1.45. The lowest BCUT2D eigenvalue weighted by Gasteiger charge is -2.31. The van der Waals surface area contributed by atoms with E-state index in [0.717, 1.165) is 11.1 Å². The highest BCUT2D eigenvalue weighted by atomic mass is 32.2. The molecule has 186 valence electrons. The molecule has 1 aliphatic heterocycles. The van der Waals surface area contributed by atoms with E-state index in [-0.39, 0.29) is 16.2 Å². The number of hydrogen-bond donors (Lipinski definition) is 0. The summed E-state index contributed by atoms with van der Waals surface area (Å²) >= 11 is 0. The van der Waals surface area contributed by atoms with Crippen molar-refractivity contribution < 1.29 is 34.3 Å². The van der Waals surface area contributed by atoms with Gasteiger partial charge in [-0.25, -0.2) is 4.39 Å². The second kappa shape index (κ2) is 10.1. The smallest absolute Gasteiger partial charge is 0.297 e. The first-order valence-electron chi connectivity index (χ1n) is 10.9. The molecule has 35 heavy (non-hydrogen) atoms. The summed E-state index contributed by atoms with van der Waals surface area (Å²) in [5.41, 5.74) is 2.38. The van der Waals surface area contributed by atoms with Gasteiger partial charge in [0.05, 0.1) is 16.4 Å². The van der Waals surface area contributed by atoms with Gasteiger partial charge < -0.3 is 4.74 Å². The minimum atomic E-state index is -4.26. The molecule has 1 heterocycles. The first-order chi connectivity index (χ1) is 16.5. The summed E-state index contributed by atoms with van der Waals surface area (Å²) in [5.74, 6) is -0.0292. The molecule has 0 amide bonds. The number of aryl methyl sites for hydroxylation is 3. The lowest BCUT2D eigenvalue weighted by atomic mass is 9.99. The molecule has 4 rings (SSSR count). The molecule has 0 aromatic heterocycles. The van der Waals surface area contributed by atoms with Gasteiger partial charge in [0, 0.05) is 0 Å². The Morgan fingerprint density at radius 3 is 2.06 bits per heavy atom. The minimum absolute atomic E-state index is 0.0615. The molecule has 3 aromatic carbocycles. The maximum absolute atomic E-state index is 13.6. The molecule has 1 aliphatic rings. The third-order valence-corrected chi connectivity index (χ3v) is 8.32. The topological polar surface area (TPSA) is 96.0 Å². The second-order valence-electron chi connectivity index (χ2n) is 8.40. The molecule has 0 saturated heterocycles.